The van der Waals surface area contributed by atoms with Gasteiger partial charge >= 0.3 is 12.0 Å². The molecule has 0 spiro atoms. The first kappa shape index (κ1) is 15.3. The van der Waals surface area contributed by atoms with E-state index >= 15 is 0 Å². The Morgan fingerprint density at radius 1 is 1.57 bits per heavy atom. The predicted octanol–water partition coefficient (Wildman–Crippen LogP) is 2.06. The Labute approximate surface area is 123 Å². The summed E-state index contributed by atoms with van der Waals surface area (Å²) in [5.41, 5.74) is -0.610. The Morgan fingerprint density at radius 3 is 2.90 bits per heavy atom. The molecule has 1 aromatic rings. The second-order valence-electron chi connectivity index (χ2n) is 5.75. The number of anilines is 1. The van der Waals surface area contributed by atoms with E-state index in [1.165, 1.54) is 0 Å². The molecule has 1 aliphatic carbocycles. The van der Waals surface area contributed by atoms with Gasteiger partial charge in [0, 0.05) is 12.7 Å². The van der Waals surface area contributed by atoms with Crippen molar-refractivity contribution in [2.75, 3.05) is 5.32 Å². The number of hydrogen-bond acceptors (Lipinski definition) is 3. The van der Waals surface area contributed by atoms with Crippen LogP contribution < -0.4 is 10.6 Å². The van der Waals surface area contributed by atoms with E-state index in [-0.39, 0.29) is 5.92 Å². The number of amides is 2. The van der Waals surface area contributed by atoms with Gasteiger partial charge in [0.05, 0.1) is 11.9 Å². The lowest BCUT2D eigenvalue weighted by Crippen LogP contribution is -2.57. The molecule has 1 saturated carbocycles. The molecule has 2 rings (SSSR count). The number of carbonyl (C=O) groups excluding carboxylic acids is 1. The molecule has 0 aliphatic heterocycles. The van der Waals surface area contributed by atoms with Crippen LogP contribution >= 0.6 is 0 Å². The average Bonchev–Trinajstić information content (AvgIpc) is 2.86. The molecule has 7 nitrogen and oxygen atoms in total. The first-order chi connectivity index (χ1) is 9.95. The Hall–Kier alpha value is -2.05. The first-order valence-electron chi connectivity index (χ1n) is 7.30. The fourth-order valence-corrected chi connectivity index (χ4v) is 2.89. The highest BCUT2D eigenvalue weighted by Crippen LogP contribution is 2.32. The van der Waals surface area contributed by atoms with Crippen LogP contribution in [0.15, 0.2) is 12.4 Å². The summed E-state index contributed by atoms with van der Waals surface area (Å²) in [4.78, 5) is 23.7. The number of aromatic nitrogens is 2. The minimum atomic E-state index is -1.16. The van der Waals surface area contributed by atoms with E-state index in [1.807, 2.05) is 13.8 Å². The minimum absolute atomic E-state index is 0.290. The summed E-state index contributed by atoms with van der Waals surface area (Å²) in [5, 5.41) is 18.9. The van der Waals surface area contributed by atoms with Gasteiger partial charge in [-0.15, -0.1) is 0 Å². The number of aliphatic carboxylic acids is 1. The predicted molar refractivity (Wildman–Crippen MR) is 78.1 cm³/mol. The summed E-state index contributed by atoms with van der Waals surface area (Å²) in [5.74, 6) is -0.675. The first-order valence-corrected chi connectivity index (χ1v) is 7.30. The molecule has 0 radical (unpaired) electrons. The van der Waals surface area contributed by atoms with Gasteiger partial charge in [0.15, 0.2) is 0 Å². The van der Waals surface area contributed by atoms with Crippen molar-refractivity contribution in [3.63, 3.8) is 0 Å². The lowest BCUT2D eigenvalue weighted by molar-refractivity contribution is -0.146. The molecule has 1 aromatic heterocycles. The maximum absolute atomic E-state index is 12.1. The van der Waals surface area contributed by atoms with Gasteiger partial charge in [0.2, 0.25) is 0 Å². The molecule has 0 aromatic carbocycles. The van der Waals surface area contributed by atoms with Gasteiger partial charge in [-0.25, -0.2) is 9.59 Å². The molecule has 2 unspecified atom stereocenters. The summed E-state index contributed by atoms with van der Waals surface area (Å²) < 4.78 is 1.69. The third-order valence-corrected chi connectivity index (χ3v) is 3.97. The molecule has 7 heteroatoms. The number of aryl methyl sites for hydroxylation is 1. The third kappa shape index (κ3) is 3.53. The largest absolute Gasteiger partial charge is 0.480 e. The van der Waals surface area contributed by atoms with Crippen LogP contribution in [-0.2, 0) is 11.3 Å². The summed E-state index contributed by atoms with van der Waals surface area (Å²) in [6.07, 6.45) is 5.98. The maximum atomic E-state index is 12.1. The second kappa shape index (κ2) is 6.15. The van der Waals surface area contributed by atoms with Crippen molar-refractivity contribution in [2.45, 2.75) is 51.6 Å². The van der Waals surface area contributed by atoms with Crippen molar-refractivity contribution in [1.82, 2.24) is 15.1 Å². The van der Waals surface area contributed by atoms with Crippen molar-refractivity contribution in [1.29, 1.82) is 0 Å². The van der Waals surface area contributed by atoms with E-state index in [4.69, 9.17) is 0 Å². The second-order valence-corrected chi connectivity index (χ2v) is 5.75. The third-order valence-electron chi connectivity index (χ3n) is 3.97. The van der Waals surface area contributed by atoms with E-state index in [0.29, 0.717) is 25.1 Å². The molecule has 1 heterocycles. The van der Waals surface area contributed by atoms with E-state index in [1.54, 1.807) is 17.1 Å². The zero-order chi connectivity index (χ0) is 15.5. The molecule has 2 atom stereocenters. The van der Waals surface area contributed by atoms with Gasteiger partial charge in [-0.05, 0) is 25.7 Å². The Bertz CT molecular complexity index is 528. The highest BCUT2D eigenvalue weighted by atomic mass is 16.4. The Balaban J connectivity index is 2.03. The fourth-order valence-electron chi connectivity index (χ4n) is 2.89. The normalized spacial score (nSPS) is 25.3. The van der Waals surface area contributed by atoms with Crippen LogP contribution in [0.25, 0.3) is 0 Å². The van der Waals surface area contributed by atoms with Crippen molar-refractivity contribution in [2.24, 2.45) is 5.92 Å². The van der Waals surface area contributed by atoms with Gasteiger partial charge in [0.25, 0.3) is 0 Å². The highest BCUT2D eigenvalue weighted by Gasteiger charge is 2.43. The number of nitrogens with zero attached hydrogens (tertiary/aromatic N) is 2. The number of carboxylic acid groups (broad SMARTS) is 1. The Kier molecular flexibility index (Phi) is 4.50. The lowest BCUT2D eigenvalue weighted by atomic mass is 9.76. The van der Waals surface area contributed by atoms with Gasteiger partial charge in [0.1, 0.15) is 5.54 Å². The zero-order valence-electron chi connectivity index (χ0n) is 12.4. The van der Waals surface area contributed by atoms with Crippen molar-refractivity contribution >= 4 is 17.7 Å². The molecule has 0 saturated heterocycles. The van der Waals surface area contributed by atoms with Crippen LogP contribution in [0, 0.1) is 5.92 Å². The molecule has 0 bridgehead atoms. The van der Waals surface area contributed by atoms with Crippen LogP contribution in [0.2, 0.25) is 0 Å². The summed E-state index contributed by atoms with van der Waals surface area (Å²) in [7, 11) is 0. The molecular weight excluding hydrogens is 272 g/mol. The summed E-state index contributed by atoms with van der Waals surface area (Å²) >= 11 is 0. The number of urea groups is 1. The number of carbonyl (C=O) groups is 2. The molecule has 1 aliphatic rings. The fraction of sp³-hybridized carbons (Fsp3) is 0.643. The van der Waals surface area contributed by atoms with E-state index in [0.717, 1.165) is 12.8 Å². The smallest absolute Gasteiger partial charge is 0.329 e. The number of rotatable bonds is 4. The average molecular weight is 294 g/mol. The topological polar surface area (TPSA) is 96.2 Å². The molecule has 1 fully saturated rings. The van der Waals surface area contributed by atoms with E-state index in [9.17, 15) is 14.7 Å². The molecule has 2 amide bonds. The van der Waals surface area contributed by atoms with Gasteiger partial charge in [-0.3, -0.25) is 4.68 Å². The van der Waals surface area contributed by atoms with Crippen molar-refractivity contribution in [3.8, 4) is 0 Å². The summed E-state index contributed by atoms with van der Waals surface area (Å²) in [6, 6.07) is -0.498. The minimum Gasteiger partial charge on any atom is -0.480 e. The van der Waals surface area contributed by atoms with Crippen molar-refractivity contribution in [3.05, 3.63) is 12.4 Å². The molecule has 3 N–H and O–H groups in total. The van der Waals surface area contributed by atoms with E-state index < -0.39 is 17.5 Å². The maximum Gasteiger partial charge on any atom is 0.329 e. The van der Waals surface area contributed by atoms with Crippen LogP contribution in [0.1, 0.15) is 39.5 Å². The van der Waals surface area contributed by atoms with Crippen LogP contribution in [0.5, 0.6) is 0 Å². The van der Waals surface area contributed by atoms with Gasteiger partial charge in [-0.2, -0.15) is 5.10 Å². The van der Waals surface area contributed by atoms with Crippen molar-refractivity contribution < 1.29 is 14.7 Å². The number of carboxylic acids is 1. The highest BCUT2D eigenvalue weighted by molar-refractivity contribution is 5.93. The van der Waals surface area contributed by atoms with Crippen LogP contribution in [0.4, 0.5) is 10.5 Å². The Morgan fingerprint density at radius 2 is 2.33 bits per heavy atom. The van der Waals surface area contributed by atoms with Crippen LogP contribution in [0.3, 0.4) is 0 Å². The lowest BCUT2D eigenvalue weighted by Gasteiger charge is -2.36. The SMILES string of the molecule is CCn1cc(NC(=O)NC2(C(=O)O)CCCC(C)C2)cn1. The van der Waals surface area contributed by atoms with Crippen LogP contribution in [-0.4, -0.2) is 32.4 Å². The zero-order valence-corrected chi connectivity index (χ0v) is 12.4. The van der Waals surface area contributed by atoms with Gasteiger partial charge < -0.3 is 15.7 Å². The standard InChI is InChI=1S/C14H22N4O3/c1-3-18-9-11(8-15-18)16-13(21)17-14(12(19)20)6-4-5-10(2)7-14/h8-10H,3-7H2,1-2H3,(H,19,20)(H2,16,17,21). The number of hydrogen-bond donors (Lipinski definition) is 3. The number of nitrogens with one attached hydrogen (secondary N) is 2. The van der Waals surface area contributed by atoms with Gasteiger partial charge in [-0.1, -0.05) is 19.8 Å². The monoisotopic (exact) mass is 294 g/mol. The molecule has 116 valence electrons. The summed E-state index contributed by atoms with van der Waals surface area (Å²) in [6.45, 7) is 4.67. The molecule has 21 heavy (non-hydrogen) atoms. The molecular formula is C14H22N4O3. The quantitative estimate of drug-likeness (QED) is 0.792. The van der Waals surface area contributed by atoms with E-state index in [2.05, 4.69) is 15.7 Å².